The number of carbonyl (C=O) groups excluding carboxylic acids is 2. The molecule has 0 spiro atoms. The van der Waals surface area contributed by atoms with E-state index in [9.17, 15) is 19.8 Å². The molecule has 0 heterocycles. The van der Waals surface area contributed by atoms with E-state index in [1.54, 1.807) is 6.08 Å². The summed E-state index contributed by atoms with van der Waals surface area (Å²) >= 11 is 0. The summed E-state index contributed by atoms with van der Waals surface area (Å²) in [4.78, 5) is 24.3. The number of aliphatic hydroxyl groups is 2. The van der Waals surface area contributed by atoms with Crippen LogP contribution < -0.4 is 0 Å². The lowest BCUT2D eigenvalue weighted by atomic mass is 10.0. The third-order valence-electron chi connectivity index (χ3n) is 9.21. The standard InChI is InChI=1S/C45H80O6/c1-3-5-7-9-11-13-14-15-16-17-18-19-20-21-22-24-26-30-35-39-45(49)51-43(40-46)41-50-44(48)38-34-31-27-29-33-37-42(47)36-32-28-25-23-12-10-8-6-4-2/h12,23,27-29,32-33,37,42-43,46-47H,3-11,13-22,24-26,30-31,34-36,38-41H2,1-2H3/b23-12-,29-27+,32-28-,37-33-/t42?,43-/m0/s1. The van der Waals surface area contributed by atoms with Crippen molar-refractivity contribution in [1.82, 2.24) is 0 Å². The van der Waals surface area contributed by atoms with Gasteiger partial charge in [0.25, 0.3) is 0 Å². The van der Waals surface area contributed by atoms with Crippen LogP contribution in [0.4, 0.5) is 0 Å². The van der Waals surface area contributed by atoms with E-state index in [1.807, 2.05) is 24.3 Å². The summed E-state index contributed by atoms with van der Waals surface area (Å²) in [6.45, 7) is 3.99. The Balaban J connectivity index is 3.68. The highest BCUT2D eigenvalue weighted by atomic mass is 16.6. The second-order valence-corrected chi connectivity index (χ2v) is 14.3. The maximum Gasteiger partial charge on any atom is 0.306 e. The maximum atomic E-state index is 12.2. The average Bonchev–Trinajstić information content (AvgIpc) is 3.13. The lowest BCUT2D eigenvalue weighted by Gasteiger charge is -2.15. The quantitative estimate of drug-likeness (QED) is 0.0286. The Labute approximate surface area is 314 Å². The molecular weight excluding hydrogens is 636 g/mol. The summed E-state index contributed by atoms with van der Waals surface area (Å²) in [5.41, 5.74) is 0. The molecule has 0 amide bonds. The van der Waals surface area contributed by atoms with E-state index in [0.29, 0.717) is 25.7 Å². The van der Waals surface area contributed by atoms with Crippen LogP contribution in [0, 0.1) is 0 Å². The van der Waals surface area contributed by atoms with Gasteiger partial charge in [-0.2, -0.15) is 0 Å². The minimum Gasteiger partial charge on any atom is -0.462 e. The van der Waals surface area contributed by atoms with E-state index < -0.39 is 12.2 Å². The molecule has 0 aromatic rings. The number of ether oxygens (including phenoxy) is 2. The molecule has 0 bridgehead atoms. The largest absolute Gasteiger partial charge is 0.462 e. The van der Waals surface area contributed by atoms with Crippen LogP contribution in [0.1, 0.15) is 200 Å². The van der Waals surface area contributed by atoms with Gasteiger partial charge in [-0.1, -0.05) is 191 Å². The van der Waals surface area contributed by atoms with E-state index in [2.05, 4.69) is 32.1 Å². The third-order valence-corrected chi connectivity index (χ3v) is 9.21. The van der Waals surface area contributed by atoms with Crippen molar-refractivity contribution in [2.24, 2.45) is 0 Å². The summed E-state index contributed by atoms with van der Waals surface area (Å²) in [5.74, 6) is -0.716. The SMILES string of the molecule is CCCCC/C=C\C/C=C\CC(O)/C=C\C=C\CCCC(=O)OC[C@H](CO)OC(=O)CCCCCCCCCCCCCCCCCCCCC. The number of unbranched alkanes of at least 4 members (excludes halogenated alkanes) is 22. The van der Waals surface area contributed by atoms with Gasteiger partial charge in [0.1, 0.15) is 6.61 Å². The predicted octanol–water partition coefficient (Wildman–Crippen LogP) is 12.4. The second-order valence-electron chi connectivity index (χ2n) is 14.3. The first-order valence-corrected chi connectivity index (χ1v) is 21.3. The molecule has 51 heavy (non-hydrogen) atoms. The normalized spacial score (nSPS) is 13.3. The van der Waals surface area contributed by atoms with Gasteiger partial charge in [-0.15, -0.1) is 0 Å². The van der Waals surface area contributed by atoms with Gasteiger partial charge < -0.3 is 19.7 Å². The number of rotatable bonds is 38. The Kier molecular flexibility index (Phi) is 38.9. The minimum absolute atomic E-state index is 0.125. The van der Waals surface area contributed by atoms with Crippen molar-refractivity contribution in [1.29, 1.82) is 0 Å². The Morgan fingerprint density at radius 3 is 1.61 bits per heavy atom. The summed E-state index contributed by atoms with van der Waals surface area (Å²) in [7, 11) is 0. The van der Waals surface area contributed by atoms with Crippen LogP contribution in [0.15, 0.2) is 48.6 Å². The molecule has 6 nitrogen and oxygen atoms in total. The molecule has 0 rings (SSSR count). The molecule has 0 radical (unpaired) electrons. The zero-order valence-electron chi connectivity index (χ0n) is 33.2. The highest BCUT2D eigenvalue weighted by molar-refractivity contribution is 5.70. The summed E-state index contributed by atoms with van der Waals surface area (Å²) in [6.07, 6.45) is 47.8. The van der Waals surface area contributed by atoms with Crippen LogP contribution in [0.3, 0.4) is 0 Å². The van der Waals surface area contributed by atoms with Gasteiger partial charge in [0.15, 0.2) is 6.10 Å². The van der Waals surface area contributed by atoms with Gasteiger partial charge in [-0.05, 0) is 44.9 Å². The van der Waals surface area contributed by atoms with E-state index in [1.165, 1.54) is 122 Å². The van der Waals surface area contributed by atoms with E-state index in [0.717, 1.165) is 32.1 Å². The third kappa shape index (κ3) is 38.9. The average molecular weight is 717 g/mol. The molecule has 0 aliphatic heterocycles. The van der Waals surface area contributed by atoms with Crippen molar-refractivity contribution in [2.75, 3.05) is 13.2 Å². The fourth-order valence-electron chi connectivity index (χ4n) is 5.92. The molecule has 0 saturated carbocycles. The minimum atomic E-state index is -0.819. The molecule has 0 fully saturated rings. The number of carbonyl (C=O) groups is 2. The lowest BCUT2D eigenvalue weighted by Crippen LogP contribution is -2.28. The molecule has 2 N–H and O–H groups in total. The Morgan fingerprint density at radius 1 is 0.549 bits per heavy atom. The topological polar surface area (TPSA) is 93.1 Å². The van der Waals surface area contributed by atoms with Gasteiger partial charge in [0, 0.05) is 12.8 Å². The van der Waals surface area contributed by atoms with Crippen LogP contribution in [0.2, 0.25) is 0 Å². The van der Waals surface area contributed by atoms with Crippen molar-refractivity contribution in [2.45, 2.75) is 212 Å². The smallest absolute Gasteiger partial charge is 0.306 e. The number of esters is 2. The Hall–Kier alpha value is -2.18. The molecule has 0 aromatic heterocycles. The summed E-state index contributed by atoms with van der Waals surface area (Å²) in [5, 5.41) is 19.6. The number of allylic oxidation sites excluding steroid dienone is 6. The molecule has 0 aromatic carbocycles. The molecule has 2 atom stereocenters. The van der Waals surface area contributed by atoms with Crippen LogP contribution in [0.5, 0.6) is 0 Å². The summed E-state index contributed by atoms with van der Waals surface area (Å²) < 4.78 is 10.5. The summed E-state index contributed by atoms with van der Waals surface area (Å²) in [6, 6.07) is 0. The molecule has 6 heteroatoms. The zero-order chi connectivity index (χ0) is 37.3. The molecule has 0 aliphatic rings. The van der Waals surface area contributed by atoms with E-state index in [4.69, 9.17) is 9.47 Å². The highest BCUT2D eigenvalue weighted by Gasteiger charge is 2.16. The fraction of sp³-hybridized carbons (Fsp3) is 0.778. The predicted molar refractivity (Wildman–Crippen MR) is 216 cm³/mol. The Morgan fingerprint density at radius 2 is 1.04 bits per heavy atom. The van der Waals surface area contributed by atoms with Crippen LogP contribution in [-0.2, 0) is 19.1 Å². The van der Waals surface area contributed by atoms with Gasteiger partial charge >= 0.3 is 11.9 Å². The van der Waals surface area contributed by atoms with Crippen LogP contribution in [0.25, 0.3) is 0 Å². The van der Waals surface area contributed by atoms with Crippen LogP contribution >= 0.6 is 0 Å². The molecule has 0 aliphatic carbocycles. The zero-order valence-corrected chi connectivity index (χ0v) is 33.2. The van der Waals surface area contributed by atoms with Gasteiger partial charge in [0.05, 0.1) is 12.7 Å². The van der Waals surface area contributed by atoms with Crippen LogP contribution in [-0.4, -0.2) is 47.6 Å². The van der Waals surface area contributed by atoms with Gasteiger partial charge in [0.2, 0.25) is 0 Å². The highest BCUT2D eigenvalue weighted by Crippen LogP contribution is 2.15. The van der Waals surface area contributed by atoms with Crippen molar-refractivity contribution >= 4 is 11.9 Å². The van der Waals surface area contributed by atoms with E-state index >= 15 is 0 Å². The van der Waals surface area contributed by atoms with Crippen molar-refractivity contribution < 1.29 is 29.3 Å². The monoisotopic (exact) mass is 717 g/mol. The van der Waals surface area contributed by atoms with Crippen molar-refractivity contribution in [3.8, 4) is 0 Å². The van der Waals surface area contributed by atoms with Gasteiger partial charge in [-0.25, -0.2) is 0 Å². The Bertz CT molecular complexity index is 876. The molecule has 296 valence electrons. The number of hydrogen-bond donors (Lipinski definition) is 2. The van der Waals surface area contributed by atoms with Gasteiger partial charge in [-0.3, -0.25) is 9.59 Å². The number of aliphatic hydroxyl groups excluding tert-OH is 2. The number of hydrogen-bond acceptors (Lipinski definition) is 6. The molecule has 0 saturated heterocycles. The first-order chi connectivity index (χ1) is 25.0. The molecule has 1 unspecified atom stereocenters. The van der Waals surface area contributed by atoms with E-state index in [-0.39, 0.29) is 31.6 Å². The second kappa shape index (κ2) is 40.6. The fourth-order valence-corrected chi connectivity index (χ4v) is 5.92. The van der Waals surface area contributed by atoms with Crippen molar-refractivity contribution in [3.63, 3.8) is 0 Å². The molecular formula is C45H80O6. The first-order valence-electron chi connectivity index (χ1n) is 21.3. The lowest BCUT2D eigenvalue weighted by molar-refractivity contribution is -0.161. The van der Waals surface area contributed by atoms with Crippen molar-refractivity contribution in [3.05, 3.63) is 48.6 Å². The first kappa shape index (κ1) is 48.8. The maximum absolute atomic E-state index is 12.2.